The van der Waals surface area contributed by atoms with E-state index in [0.29, 0.717) is 0 Å². The smallest absolute Gasteiger partial charge is 0.0940 e. The second kappa shape index (κ2) is 3.41. The maximum absolute atomic E-state index is 8.86. The third-order valence-electron chi connectivity index (χ3n) is 2.52. The predicted molar refractivity (Wildman–Crippen MR) is 45.9 cm³/mol. The summed E-state index contributed by atoms with van der Waals surface area (Å²) in [5.41, 5.74) is 0.592. The van der Waals surface area contributed by atoms with Gasteiger partial charge in [0.2, 0.25) is 0 Å². The molecule has 0 spiro atoms. The molecular formula is C10H12N2. The Balaban J connectivity index is 2.52. The van der Waals surface area contributed by atoms with Gasteiger partial charge in [-0.05, 0) is 26.2 Å². The van der Waals surface area contributed by atoms with Gasteiger partial charge in [0.25, 0.3) is 0 Å². The molecule has 1 saturated carbocycles. The van der Waals surface area contributed by atoms with Gasteiger partial charge in [-0.25, -0.2) is 0 Å². The van der Waals surface area contributed by atoms with Gasteiger partial charge in [0.1, 0.15) is 0 Å². The molecule has 62 valence electrons. The highest BCUT2D eigenvalue weighted by Gasteiger charge is 2.35. The molecule has 1 aliphatic rings. The van der Waals surface area contributed by atoms with Crippen LogP contribution >= 0.6 is 0 Å². The van der Waals surface area contributed by atoms with Crippen LogP contribution in [0.2, 0.25) is 0 Å². The van der Waals surface area contributed by atoms with Crippen molar-refractivity contribution in [2.45, 2.75) is 32.6 Å². The maximum atomic E-state index is 8.86. The van der Waals surface area contributed by atoms with E-state index in [0.717, 1.165) is 31.3 Å². The maximum Gasteiger partial charge on any atom is 0.0940 e. The summed E-state index contributed by atoms with van der Waals surface area (Å²) in [4.78, 5) is 0. The molecule has 2 nitrogen and oxygen atoms in total. The molecule has 0 aromatic rings. The fourth-order valence-electron chi connectivity index (χ4n) is 1.36. The van der Waals surface area contributed by atoms with Crippen LogP contribution < -0.4 is 0 Å². The molecule has 0 bridgehead atoms. The lowest BCUT2D eigenvalue weighted by molar-refractivity contribution is 0.218. The van der Waals surface area contributed by atoms with Crippen molar-refractivity contribution in [2.24, 2.45) is 5.41 Å². The Hall–Kier alpha value is -1.28. The molecule has 0 radical (unpaired) electrons. The number of allylic oxidation sites excluding steroid dienone is 2. The van der Waals surface area contributed by atoms with E-state index in [-0.39, 0.29) is 5.41 Å². The van der Waals surface area contributed by atoms with Gasteiger partial charge >= 0.3 is 0 Å². The second-order valence-corrected chi connectivity index (χ2v) is 3.45. The zero-order valence-corrected chi connectivity index (χ0v) is 7.30. The Bertz CT molecular complexity index is 271. The minimum atomic E-state index is -0.127. The van der Waals surface area contributed by atoms with E-state index in [2.05, 4.69) is 12.1 Å². The predicted octanol–water partition coefficient (Wildman–Crippen LogP) is 2.54. The van der Waals surface area contributed by atoms with Crippen LogP contribution in [0, 0.1) is 28.1 Å². The van der Waals surface area contributed by atoms with E-state index in [1.165, 1.54) is 0 Å². The average Bonchev–Trinajstić information content (AvgIpc) is 2.03. The fraction of sp³-hybridized carbons (Fsp3) is 0.600. The van der Waals surface area contributed by atoms with Crippen LogP contribution in [0.1, 0.15) is 32.6 Å². The Kier molecular flexibility index (Phi) is 2.51. The molecule has 12 heavy (non-hydrogen) atoms. The molecule has 0 aromatic carbocycles. The lowest BCUT2D eigenvalue weighted by Crippen LogP contribution is -2.26. The number of nitriles is 2. The van der Waals surface area contributed by atoms with Crippen LogP contribution in [0.3, 0.4) is 0 Å². The van der Waals surface area contributed by atoms with Crippen LogP contribution in [0.4, 0.5) is 0 Å². The van der Waals surface area contributed by atoms with Crippen molar-refractivity contribution in [1.29, 1.82) is 10.5 Å². The first-order chi connectivity index (χ1) is 5.72. The molecule has 1 rings (SSSR count). The van der Waals surface area contributed by atoms with Crippen LogP contribution in [-0.2, 0) is 0 Å². The monoisotopic (exact) mass is 160 g/mol. The standard InChI is InChI=1S/C10H12N2/c1-9(7-11)3-6-10(8-12)4-2-5-10/h3H,2,4-6H2,1H3. The molecule has 0 unspecified atom stereocenters. The third-order valence-corrected chi connectivity index (χ3v) is 2.52. The summed E-state index contributed by atoms with van der Waals surface area (Å²) in [6.45, 7) is 1.78. The molecule has 1 fully saturated rings. The van der Waals surface area contributed by atoms with Crippen molar-refractivity contribution >= 4 is 0 Å². The lowest BCUT2D eigenvalue weighted by Gasteiger charge is -2.34. The second-order valence-electron chi connectivity index (χ2n) is 3.45. The first-order valence-electron chi connectivity index (χ1n) is 4.20. The number of hydrogen-bond acceptors (Lipinski definition) is 2. The van der Waals surface area contributed by atoms with E-state index in [9.17, 15) is 0 Å². The van der Waals surface area contributed by atoms with Crippen molar-refractivity contribution in [2.75, 3.05) is 0 Å². The Labute approximate surface area is 73.1 Å². The normalized spacial score (nSPS) is 20.4. The molecule has 0 N–H and O–H groups in total. The summed E-state index contributed by atoms with van der Waals surface area (Å²) >= 11 is 0. The van der Waals surface area contributed by atoms with Gasteiger partial charge in [-0.15, -0.1) is 0 Å². The van der Waals surface area contributed by atoms with E-state index in [1.54, 1.807) is 6.92 Å². The molecule has 1 aliphatic carbocycles. The van der Waals surface area contributed by atoms with Gasteiger partial charge in [0.05, 0.1) is 17.6 Å². The minimum absolute atomic E-state index is 0.127. The highest BCUT2D eigenvalue weighted by molar-refractivity contribution is 5.20. The number of rotatable bonds is 2. The van der Waals surface area contributed by atoms with Gasteiger partial charge < -0.3 is 0 Å². The molecule has 0 saturated heterocycles. The topological polar surface area (TPSA) is 47.6 Å². The summed E-state index contributed by atoms with van der Waals surface area (Å²) in [6.07, 6.45) is 5.79. The van der Waals surface area contributed by atoms with E-state index < -0.39 is 0 Å². The molecular weight excluding hydrogens is 148 g/mol. The largest absolute Gasteiger partial charge is 0.198 e. The summed E-state index contributed by atoms with van der Waals surface area (Å²) in [6, 6.07) is 4.40. The SMILES string of the molecule is CC(C#N)=CCC1(C#N)CCC1. The average molecular weight is 160 g/mol. The fourth-order valence-corrected chi connectivity index (χ4v) is 1.36. The van der Waals surface area contributed by atoms with Crippen molar-refractivity contribution in [3.05, 3.63) is 11.6 Å². The first-order valence-corrected chi connectivity index (χ1v) is 4.20. The van der Waals surface area contributed by atoms with Gasteiger partial charge in [0.15, 0.2) is 0 Å². The number of nitrogens with zero attached hydrogens (tertiary/aromatic N) is 2. The van der Waals surface area contributed by atoms with Crippen LogP contribution in [0.5, 0.6) is 0 Å². The highest BCUT2D eigenvalue weighted by atomic mass is 14.4. The Morgan fingerprint density at radius 2 is 2.17 bits per heavy atom. The zero-order valence-electron chi connectivity index (χ0n) is 7.30. The third kappa shape index (κ3) is 1.66. The van der Waals surface area contributed by atoms with E-state index in [1.807, 2.05) is 6.08 Å². The molecule has 0 atom stereocenters. The quantitative estimate of drug-likeness (QED) is 0.583. The minimum Gasteiger partial charge on any atom is -0.198 e. The molecule has 2 heteroatoms. The van der Waals surface area contributed by atoms with Gasteiger partial charge in [-0.2, -0.15) is 10.5 Å². The summed E-state index contributed by atoms with van der Waals surface area (Å²) in [5.74, 6) is 0. The lowest BCUT2D eigenvalue weighted by atomic mass is 9.68. The Morgan fingerprint density at radius 1 is 1.50 bits per heavy atom. The summed E-state index contributed by atoms with van der Waals surface area (Å²) < 4.78 is 0. The van der Waals surface area contributed by atoms with Gasteiger partial charge in [-0.1, -0.05) is 12.5 Å². The van der Waals surface area contributed by atoms with Crippen LogP contribution in [0.25, 0.3) is 0 Å². The summed E-state index contributed by atoms with van der Waals surface area (Å²) in [7, 11) is 0. The number of hydrogen-bond donors (Lipinski definition) is 0. The van der Waals surface area contributed by atoms with Crippen molar-refractivity contribution in [1.82, 2.24) is 0 Å². The zero-order chi connectivity index (χ0) is 9.03. The first kappa shape index (κ1) is 8.81. The van der Waals surface area contributed by atoms with Crippen molar-refractivity contribution < 1.29 is 0 Å². The molecule has 0 aliphatic heterocycles. The van der Waals surface area contributed by atoms with Crippen LogP contribution in [0.15, 0.2) is 11.6 Å². The summed E-state index contributed by atoms with van der Waals surface area (Å²) in [5, 5.41) is 17.4. The highest BCUT2D eigenvalue weighted by Crippen LogP contribution is 2.43. The van der Waals surface area contributed by atoms with Gasteiger partial charge in [0, 0.05) is 5.57 Å². The van der Waals surface area contributed by atoms with E-state index >= 15 is 0 Å². The Morgan fingerprint density at radius 3 is 2.50 bits per heavy atom. The van der Waals surface area contributed by atoms with Gasteiger partial charge in [-0.3, -0.25) is 0 Å². The van der Waals surface area contributed by atoms with E-state index in [4.69, 9.17) is 10.5 Å². The van der Waals surface area contributed by atoms with Crippen molar-refractivity contribution in [3.8, 4) is 12.1 Å². The molecule has 0 amide bonds. The van der Waals surface area contributed by atoms with Crippen LogP contribution in [-0.4, -0.2) is 0 Å². The van der Waals surface area contributed by atoms with Crippen molar-refractivity contribution in [3.63, 3.8) is 0 Å². The molecule has 0 aromatic heterocycles. The molecule has 0 heterocycles.